The number of fused-ring (bicyclic) bond motifs is 1. The number of ether oxygens (including phenoxy) is 1. The van der Waals surface area contributed by atoms with E-state index in [-0.39, 0.29) is 29.6 Å². The quantitative estimate of drug-likeness (QED) is 0.613. The Hall–Kier alpha value is -2.29. The number of carbonyl (C=O) groups is 3. The van der Waals surface area contributed by atoms with E-state index in [1.807, 2.05) is 18.2 Å². The number of hydrogen-bond donors (Lipinski definition) is 3. The van der Waals surface area contributed by atoms with Gasteiger partial charge in [-0.2, -0.15) is 0 Å². The maximum atomic E-state index is 13.3. The van der Waals surface area contributed by atoms with Crippen LogP contribution in [0.5, 0.6) is 0 Å². The molecule has 0 aliphatic carbocycles. The van der Waals surface area contributed by atoms with Gasteiger partial charge in [-0.25, -0.2) is 0 Å². The predicted molar refractivity (Wildman–Crippen MR) is 113 cm³/mol. The zero-order valence-electron chi connectivity index (χ0n) is 17.7. The van der Waals surface area contributed by atoms with Crippen LogP contribution in [-0.2, 0) is 27.4 Å². The summed E-state index contributed by atoms with van der Waals surface area (Å²) >= 11 is 0. The summed E-state index contributed by atoms with van der Waals surface area (Å²) in [6.45, 7) is 4.63. The first-order valence-corrected chi connectivity index (χ1v) is 11.3. The van der Waals surface area contributed by atoms with Gasteiger partial charge in [-0.05, 0) is 48.8 Å². The summed E-state index contributed by atoms with van der Waals surface area (Å²) in [6, 6.07) is 5.71. The monoisotopic (exact) mass is 426 g/mol. The standard InChI is InChI=1S/C23H30N4O4/c28-19-5-4-17(21(29)26-19)27-14-16-3-1-2-15(20(16)22(27)30)12-25-18-13-24-9-6-23(18)7-10-31-11-8-23/h1-3,17-18,24-25H,4-14H2,(H,26,28,29). The Morgan fingerprint density at radius 2 is 2.00 bits per heavy atom. The highest BCUT2D eigenvalue weighted by Gasteiger charge is 2.43. The molecule has 166 valence electrons. The molecule has 0 saturated carbocycles. The molecule has 0 bridgehead atoms. The fourth-order valence-electron chi connectivity index (χ4n) is 5.71. The molecule has 3 N–H and O–H groups in total. The van der Waals surface area contributed by atoms with Gasteiger partial charge in [0.05, 0.1) is 0 Å². The number of carbonyl (C=O) groups excluding carboxylic acids is 3. The molecule has 4 aliphatic heterocycles. The summed E-state index contributed by atoms with van der Waals surface area (Å²) in [6.07, 6.45) is 3.94. The van der Waals surface area contributed by atoms with Crippen molar-refractivity contribution in [2.75, 3.05) is 26.3 Å². The van der Waals surface area contributed by atoms with Crippen molar-refractivity contribution >= 4 is 17.7 Å². The van der Waals surface area contributed by atoms with Crippen LogP contribution in [0.15, 0.2) is 18.2 Å². The van der Waals surface area contributed by atoms with Crippen molar-refractivity contribution in [1.82, 2.24) is 20.9 Å². The number of imide groups is 1. The van der Waals surface area contributed by atoms with Crippen LogP contribution in [0.2, 0.25) is 0 Å². The van der Waals surface area contributed by atoms with Gasteiger partial charge >= 0.3 is 0 Å². The Kier molecular flexibility index (Phi) is 5.54. The van der Waals surface area contributed by atoms with Crippen molar-refractivity contribution in [2.24, 2.45) is 5.41 Å². The van der Waals surface area contributed by atoms with E-state index in [1.54, 1.807) is 4.90 Å². The van der Waals surface area contributed by atoms with Crippen LogP contribution in [0.1, 0.15) is 53.6 Å². The first-order chi connectivity index (χ1) is 15.1. The molecule has 3 saturated heterocycles. The Labute approximate surface area is 182 Å². The zero-order valence-corrected chi connectivity index (χ0v) is 17.7. The molecule has 5 rings (SSSR count). The molecule has 0 radical (unpaired) electrons. The molecule has 2 atom stereocenters. The minimum atomic E-state index is -0.577. The lowest BCUT2D eigenvalue weighted by molar-refractivity contribution is -0.136. The molecular weight excluding hydrogens is 396 g/mol. The van der Waals surface area contributed by atoms with Crippen LogP contribution in [0, 0.1) is 5.41 Å². The van der Waals surface area contributed by atoms with Gasteiger partial charge in [-0.15, -0.1) is 0 Å². The van der Waals surface area contributed by atoms with Crippen molar-refractivity contribution in [3.05, 3.63) is 34.9 Å². The van der Waals surface area contributed by atoms with Gasteiger partial charge in [0, 0.05) is 50.9 Å². The molecule has 2 unspecified atom stereocenters. The largest absolute Gasteiger partial charge is 0.381 e. The van der Waals surface area contributed by atoms with Crippen LogP contribution < -0.4 is 16.0 Å². The lowest BCUT2D eigenvalue weighted by Crippen LogP contribution is -2.57. The molecule has 4 aliphatic rings. The number of hydrogen-bond acceptors (Lipinski definition) is 6. The van der Waals surface area contributed by atoms with Crippen molar-refractivity contribution in [1.29, 1.82) is 0 Å². The molecule has 31 heavy (non-hydrogen) atoms. The highest BCUT2D eigenvalue weighted by Crippen LogP contribution is 2.39. The second-order valence-electron chi connectivity index (χ2n) is 9.21. The lowest BCUT2D eigenvalue weighted by Gasteiger charge is -2.47. The van der Waals surface area contributed by atoms with Gasteiger partial charge in [0.15, 0.2) is 0 Å². The molecule has 3 amide bonds. The summed E-state index contributed by atoms with van der Waals surface area (Å²) in [4.78, 5) is 38.7. The van der Waals surface area contributed by atoms with Crippen LogP contribution in [-0.4, -0.2) is 61.0 Å². The molecular formula is C23H30N4O4. The summed E-state index contributed by atoms with van der Waals surface area (Å²) in [5.41, 5.74) is 2.90. The van der Waals surface area contributed by atoms with Gasteiger partial charge in [-0.1, -0.05) is 18.2 Å². The normalized spacial score (nSPS) is 28.0. The average Bonchev–Trinajstić information content (AvgIpc) is 3.11. The highest BCUT2D eigenvalue weighted by atomic mass is 16.5. The van der Waals surface area contributed by atoms with E-state index < -0.39 is 6.04 Å². The molecule has 8 nitrogen and oxygen atoms in total. The SMILES string of the molecule is O=C1CCC(N2Cc3cccc(CNC4CNCCC45CCOCC5)c3C2=O)C(=O)N1. The third-order valence-corrected chi connectivity index (χ3v) is 7.55. The van der Waals surface area contributed by atoms with E-state index in [0.717, 1.165) is 56.7 Å². The van der Waals surface area contributed by atoms with Crippen LogP contribution >= 0.6 is 0 Å². The van der Waals surface area contributed by atoms with E-state index in [4.69, 9.17) is 4.74 Å². The summed E-state index contributed by atoms with van der Waals surface area (Å²) in [5.74, 6) is -0.741. The maximum absolute atomic E-state index is 13.3. The maximum Gasteiger partial charge on any atom is 0.255 e. The third-order valence-electron chi connectivity index (χ3n) is 7.55. The van der Waals surface area contributed by atoms with E-state index in [2.05, 4.69) is 16.0 Å². The van der Waals surface area contributed by atoms with Gasteiger partial charge in [0.25, 0.3) is 5.91 Å². The first kappa shape index (κ1) is 20.6. The van der Waals surface area contributed by atoms with Crippen molar-refractivity contribution in [2.45, 2.75) is 57.3 Å². The van der Waals surface area contributed by atoms with E-state index >= 15 is 0 Å². The minimum absolute atomic E-state index is 0.107. The Morgan fingerprint density at radius 3 is 2.81 bits per heavy atom. The van der Waals surface area contributed by atoms with Crippen molar-refractivity contribution in [3.8, 4) is 0 Å². The number of nitrogens with one attached hydrogen (secondary N) is 3. The van der Waals surface area contributed by atoms with Crippen molar-refractivity contribution < 1.29 is 19.1 Å². The summed E-state index contributed by atoms with van der Waals surface area (Å²) in [5, 5.41) is 9.62. The van der Waals surface area contributed by atoms with Crippen LogP contribution in [0.4, 0.5) is 0 Å². The Balaban J connectivity index is 1.32. The molecule has 8 heteroatoms. The molecule has 0 aromatic heterocycles. The minimum Gasteiger partial charge on any atom is -0.381 e. The average molecular weight is 427 g/mol. The van der Waals surface area contributed by atoms with Gasteiger partial charge in [0.1, 0.15) is 6.04 Å². The lowest BCUT2D eigenvalue weighted by atomic mass is 9.69. The van der Waals surface area contributed by atoms with E-state index in [1.165, 1.54) is 0 Å². The Bertz CT molecular complexity index is 887. The second kappa shape index (κ2) is 8.33. The zero-order chi connectivity index (χ0) is 21.4. The topological polar surface area (TPSA) is 99.8 Å². The van der Waals surface area contributed by atoms with Gasteiger partial charge < -0.3 is 20.3 Å². The molecule has 1 aromatic rings. The fourth-order valence-corrected chi connectivity index (χ4v) is 5.71. The molecule has 3 fully saturated rings. The first-order valence-electron chi connectivity index (χ1n) is 11.3. The summed E-state index contributed by atoms with van der Waals surface area (Å²) < 4.78 is 5.62. The number of piperidine rings is 2. The molecule has 1 aromatic carbocycles. The predicted octanol–water partition coefficient (Wildman–Crippen LogP) is 0.696. The number of nitrogens with zero attached hydrogens (tertiary/aromatic N) is 1. The van der Waals surface area contributed by atoms with Crippen molar-refractivity contribution in [3.63, 3.8) is 0 Å². The number of benzene rings is 1. The summed E-state index contributed by atoms with van der Waals surface area (Å²) in [7, 11) is 0. The Morgan fingerprint density at radius 1 is 1.16 bits per heavy atom. The fraction of sp³-hybridized carbons (Fsp3) is 0.609. The smallest absolute Gasteiger partial charge is 0.255 e. The van der Waals surface area contributed by atoms with Gasteiger partial charge in [-0.3, -0.25) is 19.7 Å². The van der Waals surface area contributed by atoms with E-state index in [0.29, 0.717) is 31.1 Å². The van der Waals surface area contributed by atoms with Gasteiger partial charge in [0.2, 0.25) is 11.8 Å². The van der Waals surface area contributed by atoms with Crippen LogP contribution in [0.25, 0.3) is 0 Å². The van der Waals surface area contributed by atoms with Crippen LogP contribution in [0.3, 0.4) is 0 Å². The third kappa shape index (κ3) is 3.77. The molecule has 1 spiro atoms. The molecule has 4 heterocycles. The highest BCUT2D eigenvalue weighted by molar-refractivity contribution is 6.05. The number of rotatable bonds is 4. The second-order valence-corrected chi connectivity index (χ2v) is 9.21. The van der Waals surface area contributed by atoms with E-state index in [9.17, 15) is 14.4 Å². The number of amides is 3.